The molecule has 8 nitrogen and oxygen atoms in total. The molecule has 0 aliphatic carbocycles. The minimum Gasteiger partial charge on any atom is -0.494 e. The highest BCUT2D eigenvalue weighted by atomic mass is 35.5. The second-order valence-electron chi connectivity index (χ2n) is 8.54. The van der Waals surface area contributed by atoms with Gasteiger partial charge in [0.05, 0.1) is 17.2 Å². The van der Waals surface area contributed by atoms with Gasteiger partial charge in [-0.15, -0.1) is 0 Å². The molecule has 0 unspecified atom stereocenters. The van der Waals surface area contributed by atoms with Crippen LogP contribution in [0.3, 0.4) is 0 Å². The molecule has 0 bridgehead atoms. The van der Waals surface area contributed by atoms with Crippen molar-refractivity contribution in [2.45, 2.75) is 37.8 Å². The Kier molecular flexibility index (Phi) is 10.3. The summed E-state index contributed by atoms with van der Waals surface area (Å²) in [5.74, 6) is -1.11. The van der Waals surface area contributed by atoms with Crippen molar-refractivity contribution < 1.29 is 27.1 Å². The maximum atomic E-state index is 13.9. The standard InChI is InChI=1S/C28H31ClFN3O5S/c1-4-26(28(35)31-3)32(18-20-8-6-7-9-25(20)29)27(34)19-33(22-12-10-21(30)11-13-22)39(36,37)24-16-14-23(15-17-24)38-5-2/h6-17,26H,4-5,18-19H2,1-3H3,(H,31,35)/t26-/m0/s1. The lowest BCUT2D eigenvalue weighted by Gasteiger charge is -2.33. The Morgan fingerprint density at radius 3 is 2.21 bits per heavy atom. The molecule has 208 valence electrons. The molecule has 0 aliphatic heterocycles. The number of sulfonamides is 1. The van der Waals surface area contributed by atoms with Crippen LogP contribution in [-0.4, -0.2) is 51.4 Å². The second kappa shape index (κ2) is 13.4. The zero-order chi connectivity index (χ0) is 28.6. The quantitative estimate of drug-likeness (QED) is 0.340. The molecule has 0 saturated heterocycles. The van der Waals surface area contributed by atoms with Gasteiger partial charge in [-0.3, -0.25) is 13.9 Å². The summed E-state index contributed by atoms with van der Waals surface area (Å²) in [6.45, 7) is 3.31. The van der Waals surface area contributed by atoms with Gasteiger partial charge in [0.15, 0.2) is 0 Å². The fraction of sp³-hybridized carbons (Fsp3) is 0.286. The fourth-order valence-corrected chi connectivity index (χ4v) is 5.64. The third-order valence-electron chi connectivity index (χ3n) is 6.05. The first-order valence-electron chi connectivity index (χ1n) is 12.4. The molecule has 0 aromatic heterocycles. The van der Waals surface area contributed by atoms with Crippen LogP contribution in [0.25, 0.3) is 0 Å². The highest BCUT2D eigenvalue weighted by Gasteiger charge is 2.33. The summed E-state index contributed by atoms with van der Waals surface area (Å²) in [7, 11) is -2.82. The molecule has 3 aromatic rings. The average molecular weight is 576 g/mol. The van der Waals surface area contributed by atoms with Crippen LogP contribution in [0.4, 0.5) is 10.1 Å². The summed E-state index contributed by atoms with van der Waals surface area (Å²) in [5, 5.41) is 2.97. The molecule has 1 N–H and O–H groups in total. The third-order valence-corrected chi connectivity index (χ3v) is 8.20. The van der Waals surface area contributed by atoms with Gasteiger partial charge in [0, 0.05) is 18.6 Å². The lowest BCUT2D eigenvalue weighted by atomic mass is 10.1. The molecule has 2 amide bonds. The molecular weight excluding hydrogens is 545 g/mol. The highest BCUT2D eigenvalue weighted by molar-refractivity contribution is 7.92. The lowest BCUT2D eigenvalue weighted by Crippen LogP contribution is -2.51. The van der Waals surface area contributed by atoms with E-state index in [0.717, 1.165) is 16.4 Å². The maximum Gasteiger partial charge on any atom is 0.264 e. The minimum absolute atomic E-state index is 0.0230. The van der Waals surface area contributed by atoms with Crippen molar-refractivity contribution >= 4 is 39.1 Å². The number of anilines is 1. The number of halogens is 2. The Morgan fingerprint density at radius 1 is 1.00 bits per heavy atom. The summed E-state index contributed by atoms with van der Waals surface area (Å²) < 4.78 is 47.6. The summed E-state index contributed by atoms with van der Waals surface area (Å²) in [5.41, 5.74) is 0.682. The van der Waals surface area contributed by atoms with Crippen molar-refractivity contribution in [1.82, 2.24) is 10.2 Å². The molecule has 3 aromatic carbocycles. The van der Waals surface area contributed by atoms with Crippen LogP contribution < -0.4 is 14.4 Å². The molecule has 0 aliphatic rings. The van der Waals surface area contributed by atoms with Gasteiger partial charge in [-0.1, -0.05) is 36.7 Å². The summed E-state index contributed by atoms with van der Waals surface area (Å²) in [6, 6.07) is 16.6. The van der Waals surface area contributed by atoms with Crippen molar-refractivity contribution in [2.75, 3.05) is 24.5 Å². The number of nitrogens with zero attached hydrogens (tertiary/aromatic N) is 2. The van der Waals surface area contributed by atoms with Gasteiger partial charge in [0.25, 0.3) is 10.0 Å². The number of benzene rings is 3. The van der Waals surface area contributed by atoms with Gasteiger partial charge in [-0.25, -0.2) is 12.8 Å². The van der Waals surface area contributed by atoms with E-state index in [-0.39, 0.29) is 23.5 Å². The Hall–Kier alpha value is -3.63. The van der Waals surface area contributed by atoms with E-state index >= 15 is 0 Å². The summed E-state index contributed by atoms with van der Waals surface area (Å²) in [4.78, 5) is 27.8. The molecule has 1 atom stereocenters. The van der Waals surface area contributed by atoms with E-state index in [2.05, 4.69) is 5.32 Å². The van der Waals surface area contributed by atoms with Crippen LogP contribution in [-0.2, 0) is 26.2 Å². The fourth-order valence-electron chi connectivity index (χ4n) is 4.03. The number of ether oxygens (including phenoxy) is 1. The van der Waals surface area contributed by atoms with E-state index in [0.29, 0.717) is 22.9 Å². The van der Waals surface area contributed by atoms with Gasteiger partial charge >= 0.3 is 0 Å². The van der Waals surface area contributed by atoms with Gasteiger partial charge < -0.3 is 15.0 Å². The van der Waals surface area contributed by atoms with Crippen molar-refractivity contribution in [3.05, 3.63) is 89.2 Å². The normalized spacial score (nSPS) is 11.9. The van der Waals surface area contributed by atoms with Crippen molar-refractivity contribution in [3.8, 4) is 5.75 Å². The topological polar surface area (TPSA) is 96.0 Å². The van der Waals surface area contributed by atoms with E-state index in [9.17, 15) is 22.4 Å². The smallest absolute Gasteiger partial charge is 0.264 e. The third kappa shape index (κ3) is 7.27. The average Bonchev–Trinajstić information content (AvgIpc) is 2.93. The monoisotopic (exact) mass is 575 g/mol. The van der Waals surface area contributed by atoms with Crippen LogP contribution >= 0.6 is 11.6 Å². The molecule has 0 radical (unpaired) electrons. The molecule has 0 fully saturated rings. The number of likely N-dealkylation sites (N-methyl/N-ethyl adjacent to an activating group) is 1. The summed E-state index contributed by atoms with van der Waals surface area (Å²) >= 11 is 6.35. The van der Waals surface area contributed by atoms with Crippen LogP contribution in [0.2, 0.25) is 5.02 Å². The first-order chi connectivity index (χ1) is 18.6. The van der Waals surface area contributed by atoms with E-state index in [4.69, 9.17) is 16.3 Å². The molecule has 11 heteroatoms. The molecule has 0 spiro atoms. The molecule has 0 saturated carbocycles. The van der Waals surface area contributed by atoms with E-state index in [1.165, 1.54) is 48.3 Å². The number of hydrogen-bond donors (Lipinski definition) is 1. The van der Waals surface area contributed by atoms with Gasteiger partial charge in [0.1, 0.15) is 24.2 Å². The van der Waals surface area contributed by atoms with E-state index in [1.54, 1.807) is 31.2 Å². The Morgan fingerprint density at radius 2 is 1.64 bits per heavy atom. The molecule has 39 heavy (non-hydrogen) atoms. The molecular formula is C28H31ClFN3O5S. The molecule has 0 heterocycles. The number of carbonyl (C=O) groups is 2. The van der Waals surface area contributed by atoms with Gasteiger partial charge in [-0.2, -0.15) is 0 Å². The Balaban J connectivity index is 2.05. The van der Waals surface area contributed by atoms with Crippen LogP contribution in [0.1, 0.15) is 25.8 Å². The predicted octanol–water partition coefficient (Wildman–Crippen LogP) is 4.63. The predicted molar refractivity (Wildman–Crippen MR) is 149 cm³/mol. The van der Waals surface area contributed by atoms with Gasteiger partial charge in [-0.05, 0) is 73.5 Å². The first-order valence-corrected chi connectivity index (χ1v) is 14.2. The number of rotatable bonds is 12. The highest BCUT2D eigenvalue weighted by Crippen LogP contribution is 2.27. The zero-order valence-electron chi connectivity index (χ0n) is 21.9. The molecule has 3 rings (SSSR count). The first kappa shape index (κ1) is 29.9. The summed E-state index contributed by atoms with van der Waals surface area (Å²) in [6.07, 6.45) is 0.276. The van der Waals surface area contributed by atoms with Crippen LogP contribution in [0.5, 0.6) is 5.75 Å². The number of carbonyl (C=O) groups excluding carboxylic acids is 2. The van der Waals surface area contributed by atoms with Crippen LogP contribution in [0.15, 0.2) is 77.7 Å². The Bertz CT molecular complexity index is 1390. The number of hydrogen-bond acceptors (Lipinski definition) is 5. The van der Waals surface area contributed by atoms with Crippen molar-refractivity contribution in [2.24, 2.45) is 0 Å². The largest absolute Gasteiger partial charge is 0.494 e. The SMILES string of the molecule is CCOc1ccc(S(=O)(=O)N(CC(=O)N(Cc2ccccc2Cl)[C@@H](CC)C(=O)NC)c2ccc(F)cc2)cc1. The van der Waals surface area contributed by atoms with Crippen molar-refractivity contribution in [1.29, 1.82) is 0 Å². The maximum absolute atomic E-state index is 13.9. The minimum atomic E-state index is -4.29. The zero-order valence-corrected chi connectivity index (χ0v) is 23.5. The van der Waals surface area contributed by atoms with Crippen molar-refractivity contribution in [3.63, 3.8) is 0 Å². The second-order valence-corrected chi connectivity index (χ2v) is 10.8. The van der Waals surface area contributed by atoms with Crippen LogP contribution in [0, 0.1) is 5.82 Å². The van der Waals surface area contributed by atoms with Gasteiger partial charge in [0.2, 0.25) is 11.8 Å². The van der Waals surface area contributed by atoms with E-state index < -0.39 is 40.2 Å². The number of amides is 2. The Labute approximate surface area is 233 Å². The van der Waals surface area contributed by atoms with E-state index in [1.807, 2.05) is 6.92 Å². The number of nitrogens with one attached hydrogen (secondary N) is 1. The lowest BCUT2D eigenvalue weighted by molar-refractivity contribution is -0.140.